The highest BCUT2D eigenvalue weighted by molar-refractivity contribution is 6.00. The van der Waals surface area contributed by atoms with Crippen LogP contribution in [-0.4, -0.2) is 86.0 Å². The Morgan fingerprint density at radius 2 is 1.63 bits per heavy atom. The lowest BCUT2D eigenvalue weighted by molar-refractivity contribution is -0.117. The van der Waals surface area contributed by atoms with Crippen LogP contribution < -0.4 is 16.0 Å². The summed E-state index contributed by atoms with van der Waals surface area (Å²) in [5.41, 5.74) is 3.92. The first-order valence-electron chi connectivity index (χ1n) is 15.1. The maximum Gasteiger partial charge on any atom is 0.411 e. The highest BCUT2D eigenvalue weighted by Gasteiger charge is 2.27. The molecular formula is C34H41N5O4. The molecule has 1 saturated carbocycles. The molecule has 0 radical (unpaired) electrons. The van der Waals surface area contributed by atoms with Crippen molar-refractivity contribution in [1.82, 2.24) is 15.1 Å². The molecule has 0 aromatic heterocycles. The lowest BCUT2D eigenvalue weighted by atomic mass is 10.0. The van der Waals surface area contributed by atoms with E-state index < -0.39 is 6.09 Å². The maximum atomic E-state index is 12.7. The van der Waals surface area contributed by atoms with E-state index in [1.807, 2.05) is 61.6 Å². The van der Waals surface area contributed by atoms with Gasteiger partial charge in [-0.3, -0.25) is 19.8 Å². The Balaban J connectivity index is 0.981. The number of ether oxygens (including phenoxy) is 1. The molecule has 3 aromatic carbocycles. The first-order chi connectivity index (χ1) is 20.9. The summed E-state index contributed by atoms with van der Waals surface area (Å²) in [6.07, 6.45) is 3.27. The van der Waals surface area contributed by atoms with Crippen molar-refractivity contribution in [2.24, 2.45) is 0 Å². The SMILES string of the molecule is CN(CC(=O)Nc1cccc(C(=O)CNCCN2CCC(OC(=O)Nc3ccccc3-c3ccccc3)CC2)c1)C1CC1. The highest BCUT2D eigenvalue weighted by atomic mass is 16.6. The van der Waals surface area contributed by atoms with Gasteiger partial charge in [0.25, 0.3) is 0 Å². The average molecular weight is 584 g/mol. The van der Waals surface area contributed by atoms with E-state index in [0.29, 0.717) is 30.4 Å². The third kappa shape index (κ3) is 9.22. The zero-order valence-electron chi connectivity index (χ0n) is 24.8. The van der Waals surface area contributed by atoms with Gasteiger partial charge in [0.1, 0.15) is 6.10 Å². The van der Waals surface area contributed by atoms with Crippen LogP contribution in [0.3, 0.4) is 0 Å². The number of hydrogen-bond donors (Lipinski definition) is 3. The molecule has 1 saturated heterocycles. The molecule has 2 aliphatic rings. The number of piperidine rings is 1. The standard InChI is InChI=1S/C34H41N5O4/c1-38(28-14-15-28)24-33(41)36-27-11-7-10-26(22-27)32(40)23-35-18-21-39-19-16-29(17-20-39)43-34(42)37-31-13-6-5-12-30(31)25-8-3-2-4-9-25/h2-13,22,28-29,35H,14-21,23-24H2,1H3,(H,36,41)(H,37,42). The van der Waals surface area contributed by atoms with Gasteiger partial charge in [0.2, 0.25) is 5.91 Å². The summed E-state index contributed by atoms with van der Waals surface area (Å²) in [5, 5.41) is 9.07. The van der Waals surface area contributed by atoms with Crippen LogP contribution in [0.4, 0.5) is 16.2 Å². The molecule has 0 bridgehead atoms. The molecule has 3 aromatic rings. The van der Waals surface area contributed by atoms with Gasteiger partial charge in [0.05, 0.1) is 18.8 Å². The van der Waals surface area contributed by atoms with Crippen LogP contribution in [0.25, 0.3) is 11.1 Å². The molecule has 0 spiro atoms. The van der Waals surface area contributed by atoms with Gasteiger partial charge in [-0.25, -0.2) is 4.79 Å². The topological polar surface area (TPSA) is 103 Å². The Morgan fingerprint density at radius 1 is 0.884 bits per heavy atom. The molecule has 1 aliphatic carbocycles. The summed E-state index contributed by atoms with van der Waals surface area (Å²) in [5.74, 6) is -0.0847. The molecule has 1 aliphatic heterocycles. The fraction of sp³-hybridized carbons (Fsp3) is 0.382. The minimum absolute atomic E-state index is 0.0156. The van der Waals surface area contributed by atoms with Gasteiger partial charge in [-0.1, -0.05) is 60.7 Å². The average Bonchev–Trinajstić information content (AvgIpc) is 3.87. The van der Waals surface area contributed by atoms with Crippen molar-refractivity contribution < 1.29 is 19.1 Å². The van der Waals surface area contributed by atoms with Gasteiger partial charge >= 0.3 is 6.09 Å². The normalized spacial score (nSPS) is 15.7. The first-order valence-corrected chi connectivity index (χ1v) is 15.1. The minimum Gasteiger partial charge on any atom is -0.446 e. The summed E-state index contributed by atoms with van der Waals surface area (Å²) in [6, 6.07) is 25.3. The minimum atomic E-state index is -0.434. The zero-order chi connectivity index (χ0) is 30.0. The molecule has 2 fully saturated rings. The third-order valence-electron chi connectivity index (χ3n) is 7.98. The number of rotatable bonds is 13. The van der Waals surface area contributed by atoms with Gasteiger partial charge in [-0.05, 0) is 56.5 Å². The molecule has 9 heteroatoms. The van der Waals surface area contributed by atoms with Crippen molar-refractivity contribution in [3.05, 3.63) is 84.4 Å². The van der Waals surface area contributed by atoms with Gasteiger partial charge in [-0.15, -0.1) is 0 Å². The van der Waals surface area contributed by atoms with Crippen molar-refractivity contribution in [3.63, 3.8) is 0 Å². The van der Waals surface area contributed by atoms with E-state index in [0.717, 1.165) is 62.1 Å². The number of nitrogens with one attached hydrogen (secondary N) is 3. The van der Waals surface area contributed by atoms with E-state index in [9.17, 15) is 14.4 Å². The monoisotopic (exact) mass is 583 g/mol. The van der Waals surface area contributed by atoms with E-state index >= 15 is 0 Å². The Labute approximate surface area is 253 Å². The molecule has 9 nitrogen and oxygen atoms in total. The van der Waals surface area contributed by atoms with E-state index in [2.05, 4.69) is 25.8 Å². The van der Waals surface area contributed by atoms with Crippen molar-refractivity contribution in [3.8, 4) is 11.1 Å². The number of carbonyl (C=O) groups is 3. The Kier molecular flexibility index (Phi) is 10.5. The van der Waals surface area contributed by atoms with Crippen molar-refractivity contribution in [2.45, 2.75) is 37.8 Å². The van der Waals surface area contributed by atoms with E-state index in [-0.39, 0.29) is 24.3 Å². The van der Waals surface area contributed by atoms with Gasteiger partial charge < -0.3 is 20.3 Å². The number of benzene rings is 3. The Hall–Kier alpha value is -4.05. The van der Waals surface area contributed by atoms with Crippen molar-refractivity contribution >= 4 is 29.2 Å². The lowest BCUT2D eigenvalue weighted by Crippen LogP contribution is -2.42. The summed E-state index contributed by atoms with van der Waals surface area (Å²) in [6.45, 7) is 3.72. The quantitative estimate of drug-likeness (QED) is 0.195. The van der Waals surface area contributed by atoms with Crippen LogP contribution in [0, 0.1) is 0 Å². The molecule has 0 atom stereocenters. The predicted octanol–water partition coefficient (Wildman–Crippen LogP) is 4.87. The van der Waals surface area contributed by atoms with E-state index in [4.69, 9.17) is 4.74 Å². The molecule has 0 unspecified atom stereocenters. The number of carbonyl (C=O) groups excluding carboxylic acids is 3. The largest absolute Gasteiger partial charge is 0.446 e. The highest BCUT2D eigenvalue weighted by Crippen LogP contribution is 2.28. The smallest absolute Gasteiger partial charge is 0.411 e. The van der Waals surface area contributed by atoms with Crippen LogP contribution in [0.5, 0.6) is 0 Å². The number of likely N-dealkylation sites (tertiary alicyclic amines) is 1. The zero-order valence-corrected chi connectivity index (χ0v) is 24.8. The van der Waals surface area contributed by atoms with Crippen LogP contribution in [0.15, 0.2) is 78.9 Å². The molecule has 1 heterocycles. The molecule has 5 rings (SSSR count). The molecule has 2 amide bonds. The number of para-hydroxylation sites is 1. The molecular weight excluding hydrogens is 542 g/mol. The fourth-order valence-electron chi connectivity index (χ4n) is 5.39. The van der Waals surface area contributed by atoms with Gasteiger partial charge in [0.15, 0.2) is 5.78 Å². The molecule has 3 N–H and O–H groups in total. The molecule has 43 heavy (non-hydrogen) atoms. The second-order valence-corrected chi connectivity index (χ2v) is 11.4. The van der Waals surface area contributed by atoms with Crippen molar-refractivity contribution in [2.75, 3.05) is 56.9 Å². The number of hydrogen-bond acceptors (Lipinski definition) is 7. The third-order valence-corrected chi connectivity index (χ3v) is 7.98. The number of nitrogens with zero attached hydrogens (tertiary/aromatic N) is 2. The van der Waals surface area contributed by atoms with E-state index in [1.54, 1.807) is 24.3 Å². The fourth-order valence-corrected chi connectivity index (χ4v) is 5.39. The van der Waals surface area contributed by atoms with Crippen LogP contribution in [0.2, 0.25) is 0 Å². The Morgan fingerprint density at radius 3 is 2.40 bits per heavy atom. The second-order valence-electron chi connectivity index (χ2n) is 11.4. The number of amides is 2. The maximum absolute atomic E-state index is 12.7. The summed E-state index contributed by atoms with van der Waals surface area (Å²) in [7, 11) is 1.96. The van der Waals surface area contributed by atoms with Crippen LogP contribution >= 0.6 is 0 Å². The Bertz CT molecular complexity index is 1390. The summed E-state index contributed by atoms with van der Waals surface area (Å²) >= 11 is 0. The van der Waals surface area contributed by atoms with Crippen molar-refractivity contribution in [1.29, 1.82) is 0 Å². The van der Waals surface area contributed by atoms with Crippen LogP contribution in [-0.2, 0) is 9.53 Å². The summed E-state index contributed by atoms with van der Waals surface area (Å²) < 4.78 is 5.74. The number of anilines is 2. The number of likely N-dealkylation sites (N-methyl/N-ethyl adjacent to an activating group) is 1. The second kappa shape index (κ2) is 14.9. The lowest BCUT2D eigenvalue weighted by Gasteiger charge is -2.31. The van der Waals surface area contributed by atoms with Gasteiger partial charge in [0, 0.05) is 49.0 Å². The van der Waals surface area contributed by atoms with Crippen LogP contribution in [0.1, 0.15) is 36.0 Å². The summed E-state index contributed by atoms with van der Waals surface area (Å²) in [4.78, 5) is 42.1. The molecule has 226 valence electrons. The number of ketones is 1. The van der Waals surface area contributed by atoms with E-state index in [1.165, 1.54) is 0 Å². The number of Topliss-reactive ketones (excluding diaryl/α,β-unsaturated/α-hetero) is 1. The predicted molar refractivity (Wildman–Crippen MR) is 169 cm³/mol. The van der Waals surface area contributed by atoms with Gasteiger partial charge in [-0.2, -0.15) is 0 Å². The first kappa shape index (κ1) is 30.4.